The summed E-state index contributed by atoms with van der Waals surface area (Å²) in [5, 5.41) is 0. The van der Waals surface area contributed by atoms with Gasteiger partial charge in [-0.05, 0) is 34.1 Å². The number of para-hydroxylation sites is 1. The topological polar surface area (TPSA) is 19.4 Å². The second-order valence-corrected chi connectivity index (χ2v) is 5.68. The SMILES string of the molecule is Fc1cc(Br)cnc1N1CCN(c2ccccc2)CC1. The number of anilines is 2. The molecule has 1 aliphatic heterocycles. The van der Waals surface area contributed by atoms with Gasteiger partial charge in [0.15, 0.2) is 11.6 Å². The molecule has 0 atom stereocenters. The van der Waals surface area contributed by atoms with Crippen LogP contribution in [0.2, 0.25) is 0 Å². The highest BCUT2D eigenvalue weighted by molar-refractivity contribution is 9.10. The molecule has 0 aliphatic carbocycles. The summed E-state index contributed by atoms with van der Waals surface area (Å²) < 4.78 is 14.6. The molecule has 1 aliphatic rings. The number of hydrogen-bond donors (Lipinski definition) is 0. The van der Waals surface area contributed by atoms with Gasteiger partial charge in [0, 0.05) is 42.5 Å². The van der Waals surface area contributed by atoms with Crippen LogP contribution in [0.25, 0.3) is 0 Å². The summed E-state index contributed by atoms with van der Waals surface area (Å²) in [5.74, 6) is 0.174. The van der Waals surface area contributed by atoms with Crippen molar-refractivity contribution in [1.82, 2.24) is 4.98 Å². The number of pyridine rings is 1. The molecule has 1 aromatic carbocycles. The van der Waals surface area contributed by atoms with E-state index in [1.54, 1.807) is 6.20 Å². The fourth-order valence-corrected chi connectivity index (χ4v) is 2.76. The zero-order chi connectivity index (χ0) is 13.9. The first-order chi connectivity index (χ1) is 9.74. The normalized spacial score (nSPS) is 15.5. The smallest absolute Gasteiger partial charge is 0.166 e. The first kappa shape index (κ1) is 13.4. The molecule has 0 unspecified atom stereocenters. The molecular weight excluding hydrogens is 321 g/mol. The summed E-state index contributed by atoms with van der Waals surface area (Å²) in [6.07, 6.45) is 1.64. The highest BCUT2D eigenvalue weighted by atomic mass is 79.9. The molecule has 3 rings (SSSR count). The van der Waals surface area contributed by atoms with Crippen LogP contribution in [-0.4, -0.2) is 31.2 Å². The Kier molecular flexibility index (Phi) is 3.87. The van der Waals surface area contributed by atoms with E-state index in [-0.39, 0.29) is 5.82 Å². The quantitative estimate of drug-likeness (QED) is 0.839. The van der Waals surface area contributed by atoms with Crippen molar-refractivity contribution in [2.75, 3.05) is 36.0 Å². The first-order valence-corrected chi connectivity index (χ1v) is 7.39. The summed E-state index contributed by atoms with van der Waals surface area (Å²) >= 11 is 3.23. The zero-order valence-corrected chi connectivity index (χ0v) is 12.6. The third-order valence-corrected chi connectivity index (χ3v) is 3.92. The van der Waals surface area contributed by atoms with E-state index in [1.807, 2.05) is 23.1 Å². The molecule has 3 nitrogen and oxygen atoms in total. The Labute approximate surface area is 126 Å². The van der Waals surface area contributed by atoms with Crippen LogP contribution < -0.4 is 9.80 Å². The van der Waals surface area contributed by atoms with E-state index in [0.29, 0.717) is 10.3 Å². The Morgan fingerprint density at radius 2 is 1.65 bits per heavy atom. The van der Waals surface area contributed by atoms with Crippen LogP contribution in [0.3, 0.4) is 0 Å². The lowest BCUT2D eigenvalue weighted by atomic mass is 10.2. The van der Waals surface area contributed by atoms with E-state index < -0.39 is 0 Å². The minimum atomic E-state index is -0.271. The summed E-state index contributed by atoms with van der Waals surface area (Å²) in [7, 11) is 0. The lowest BCUT2D eigenvalue weighted by Crippen LogP contribution is -2.47. The minimum absolute atomic E-state index is 0.271. The average Bonchev–Trinajstić information content (AvgIpc) is 2.48. The van der Waals surface area contributed by atoms with Crippen molar-refractivity contribution in [1.29, 1.82) is 0 Å². The van der Waals surface area contributed by atoms with Gasteiger partial charge in [-0.25, -0.2) is 9.37 Å². The van der Waals surface area contributed by atoms with Crippen LogP contribution in [0.5, 0.6) is 0 Å². The van der Waals surface area contributed by atoms with Gasteiger partial charge >= 0.3 is 0 Å². The maximum Gasteiger partial charge on any atom is 0.166 e. The fraction of sp³-hybridized carbons (Fsp3) is 0.267. The molecule has 1 fully saturated rings. The maximum absolute atomic E-state index is 13.9. The summed E-state index contributed by atoms with van der Waals surface area (Å²) in [6, 6.07) is 11.8. The van der Waals surface area contributed by atoms with Crippen LogP contribution >= 0.6 is 15.9 Å². The molecule has 0 bridgehead atoms. The lowest BCUT2D eigenvalue weighted by Gasteiger charge is -2.36. The lowest BCUT2D eigenvalue weighted by molar-refractivity contribution is 0.588. The van der Waals surface area contributed by atoms with Gasteiger partial charge in [-0.15, -0.1) is 0 Å². The predicted molar refractivity (Wildman–Crippen MR) is 82.8 cm³/mol. The number of piperazine rings is 1. The summed E-state index contributed by atoms with van der Waals surface area (Å²) in [5.41, 5.74) is 1.22. The van der Waals surface area contributed by atoms with E-state index in [4.69, 9.17) is 0 Å². The predicted octanol–water partition coefficient (Wildman–Crippen LogP) is 3.31. The summed E-state index contributed by atoms with van der Waals surface area (Å²) in [4.78, 5) is 8.50. The van der Waals surface area contributed by atoms with Crippen LogP contribution in [0, 0.1) is 5.82 Å². The maximum atomic E-state index is 13.9. The molecular formula is C15H15BrFN3. The van der Waals surface area contributed by atoms with E-state index >= 15 is 0 Å². The highest BCUT2D eigenvalue weighted by Crippen LogP contribution is 2.22. The van der Waals surface area contributed by atoms with Crippen molar-refractivity contribution in [2.24, 2.45) is 0 Å². The molecule has 2 aromatic rings. The van der Waals surface area contributed by atoms with Gasteiger partial charge in [0.05, 0.1) is 0 Å². The van der Waals surface area contributed by atoms with Gasteiger partial charge in [0.25, 0.3) is 0 Å². The minimum Gasteiger partial charge on any atom is -0.368 e. The van der Waals surface area contributed by atoms with Gasteiger partial charge in [0.2, 0.25) is 0 Å². The Hall–Kier alpha value is -1.62. The Bertz CT molecular complexity index is 583. The highest BCUT2D eigenvalue weighted by Gasteiger charge is 2.20. The molecule has 0 radical (unpaired) electrons. The van der Waals surface area contributed by atoms with Crippen LogP contribution in [0.1, 0.15) is 0 Å². The Balaban J connectivity index is 1.69. The van der Waals surface area contributed by atoms with E-state index in [9.17, 15) is 4.39 Å². The van der Waals surface area contributed by atoms with E-state index in [2.05, 4.69) is 37.9 Å². The van der Waals surface area contributed by atoms with Crippen molar-refractivity contribution in [2.45, 2.75) is 0 Å². The van der Waals surface area contributed by atoms with Crippen molar-refractivity contribution in [3.63, 3.8) is 0 Å². The average molecular weight is 336 g/mol. The van der Waals surface area contributed by atoms with Gasteiger partial charge in [0.1, 0.15) is 0 Å². The monoisotopic (exact) mass is 335 g/mol. The molecule has 0 amide bonds. The van der Waals surface area contributed by atoms with Crippen LogP contribution in [0.15, 0.2) is 47.1 Å². The number of aromatic nitrogens is 1. The number of rotatable bonds is 2. The largest absolute Gasteiger partial charge is 0.368 e. The second-order valence-electron chi connectivity index (χ2n) is 4.77. The molecule has 0 saturated carbocycles. The molecule has 0 N–H and O–H groups in total. The third kappa shape index (κ3) is 2.77. The third-order valence-electron chi connectivity index (χ3n) is 3.49. The van der Waals surface area contributed by atoms with Crippen molar-refractivity contribution < 1.29 is 4.39 Å². The van der Waals surface area contributed by atoms with Gasteiger partial charge in [-0.2, -0.15) is 0 Å². The molecule has 0 spiro atoms. The Morgan fingerprint density at radius 1 is 1.00 bits per heavy atom. The van der Waals surface area contributed by atoms with Crippen molar-refractivity contribution >= 4 is 27.4 Å². The molecule has 5 heteroatoms. The van der Waals surface area contributed by atoms with Crippen molar-refractivity contribution in [3.8, 4) is 0 Å². The summed E-state index contributed by atoms with van der Waals surface area (Å²) in [6.45, 7) is 3.31. The zero-order valence-electron chi connectivity index (χ0n) is 11.0. The van der Waals surface area contributed by atoms with Gasteiger partial charge in [-0.1, -0.05) is 18.2 Å². The van der Waals surface area contributed by atoms with Gasteiger partial charge in [-0.3, -0.25) is 0 Å². The van der Waals surface area contributed by atoms with E-state index in [1.165, 1.54) is 11.8 Å². The molecule has 1 aromatic heterocycles. The number of nitrogens with zero attached hydrogens (tertiary/aromatic N) is 3. The second kappa shape index (κ2) is 5.79. The van der Waals surface area contributed by atoms with Crippen molar-refractivity contribution in [3.05, 3.63) is 52.9 Å². The number of hydrogen-bond acceptors (Lipinski definition) is 3. The van der Waals surface area contributed by atoms with Crippen LogP contribution in [-0.2, 0) is 0 Å². The first-order valence-electron chi connectivity index (χ1n) is 6.60. The molecule has 2 heterocycles. The van der Waals surface area contributed by atoms with E-state index in [0.717, 1.165) is 26.2 Å². The van der Waals surface area contributed by atoms with Gasteiger partial charge < -0.3 is 9.80 Å². The Morgan fingerprint density at radius 3 is 2.30 bits per heavy atom. The molecule has 20 heavy (non-hydrogen) atoms. The molecule has 1 saturated heterocycles. The molecule has 104 valence electrons. The van der Waals surface area contributed by atoms with Crippen LogP contribution in [0.4, 0.5) is 15.9 Å². The number of benzene rings is 1. The fourth-order valence-electron chi connectivity index (χ4n) is 2.46. The number of halogens is 2. The standard InChI is InChI=1S/C15H15BrFN3/c16-12-10-14(17)15(18-11-12)20-8-6-19(7-9-20)13-4-2-1-3-5-13/h1-5,10-11H,6-9H2.